The Labute approximate surface area is 236 Å². The van der Waals surface area contributed by atoms with Gasteiger partial charge < -0.3 is 24.8 Å². The first kappa shape index (κ1) is 34.9. The largest absolute Gasteiger partial charge is 1.00 e. The SMILES string of the molecule is CCCCCc1ccc[n+](CCCCCCCCCCCC[n+]2cccc(CCCCC)c2)c1.[Cl-].[Cl-]. The third-order valence-corrected chi connectivity index (χ3v) is 7.06. The first-order valence-electron chi connectivity index (χ1n) is 14.8. The van der Waals surface area contributed by atoms with Gasteiger partial charge in [-0.15, -0.1) is 0 Å². The van der Waals surface area contributed by atoms with Crippen LogP contribution in [0.3, 0.4) is 0 Å². The van der Waals surface area contributed by atoms with E-state index in [1.165, 1.54) is 140 Å². The topological polar surface area (TPSA) is 7.76 Å². The second kappa shape index (κ2) is 24.2. The maximum absolute atomic E-state index is 2.41. The van der Waals surface area contributed by atoms with Crippen molar-refractivity contribution < 1.29 is 33.9 Å². The van der Waals surface area contributed by atoms with Crippen LogP contribution in [-0.2, 0) is 25.9 Å². The average Bonchev–Trinajstić information content (AvgIpc) is 2.86. The first-order chi connectivity index (χ1) is 16.8. The highest BCUT2D eigenvalue weighted by Crippen LogP contribution is 2.11. The van der Waals surface area contributed by atoms with Gasteiger partial charge in [-0.3, -0.25) is 0 Å². The molecule has 2 rings (SSSR count). The van der Waals surface area contributed by atoms with Crippen LogP contribution in [0.1, 0.15) is 128 Å². The minimum absolute atomic E-state index is 0. The van der Waals surface area contributed by atoms with E-state index in [0.717, 1.165) is 0 Å². The molecule has 0 aliphatic heterocycles. The van der Waals surface area contributed by atoms with Crippen molar-refractivity contribution in [2.24, 2.45) is 0 Å². The molecule has 2 aromatic heterocycles. The van der Waals surface area contributed by atoms with E-state index in [-0.39, 0.29) is 24.8 Å². The van der Waals surface area contributed by atoms with Gasteiger partial charge in [-0.1, -0.05) is 78.1 Å². The van der Waals surface area contributed by atoms with E-state index in [0.29, 0.717) is 0 Å². The summed E-state index contributed by atoms with van der Waals surface area (Å²) in [5, 5.41) is 0. The first-order valence-corrected chi connectivity index (χ1v) is 14.8. The third kappa shape index (κ3) is 17.4. The second-order valence-electron chi connectivity index (χ2n) is 10.3. The number of halogens is 2. The molecule has 0 N–H and O–H groups in total. The second-order valence-corrected chi connectivity index (χ2v) is 10.3. The number of unbranched alkanes of at least 4 members (excludes halogenated alkanes) is 13. The van der Waals surface area contributed by atoms with Crippen LogP contribution in [0, 0.1) is 0 Å². The van der Waals surface area contributed by atoms with Gasteiger partial charge in [-0.05, 0) is 50.7 Å². The van der Waals surface area contributed by atoms with Crippen LogP contribution in [0.4, 0.5) is 0 Å². The third-order valence-electron chi connectivity index (χ3n) is 7.06. The highest BCUT2D eigenvalue weighted by Gasteiger charge is 2.04. The standard InChI is InChI=1S/C32H54N2.2ClH/c1-3-5-15-21-31-23-19-27-33(29-31)25-17-13-11-9-7-8-10-12-14-18-26-34-28-20-24-32(30-34)22-16-6-4-2;;/h19-20,23-24,27-30H,3-18,21-22,25-26H2,1-2H3;2*1H/q+2;;/p-2. The van der Waals surface area contributed by atoms with E-state index in [2.05, 4.69) is 72.0 Å². The van der Waals surface area contributed by atoms with Gasteiger partial charge in [0.05, 0.1) is 0 Å². The van der Waals surface area contributed by atoms with Crippen molar-refractivity contribution in [3.63, 3.8) is 0 Å². The lowest BCUT2D eigenvalue weighted by molar-refractivity contribution is -0.697. The predicted octanol–water partition coefficient (Wildman–Crippen LogP) is 2.34. The molecule has 206 valence electrons. The van der Waals surface area contributed by atoms with Gasteiger partial charge in [0.1, 0.15) is 13.1 Å². The van der Waals surface area contributed by atoms with Crippen LogP contribution in [0.2, 0.25) is 0 Å². The highest BCUT2D eigenvalue weighted by molar-refractivity contribution is 5.05. The van der Waals surface area contributed by atoms with Crippen molar-refractivity contribution in [3.05, 3.63) is 60.2 Å². The van der Waals surface area contributed by atoms with E-state index in [1.54, 1.807) is 0 Å². The van der Waals surface area contributed by atoms with Crippen LogP contribution >= 0.6 is 0 Å². The molecule has 0 unspecified atom stereocenters. The summed E-state index contributed by atoms with van der Waals surface area (Å²) in [6.07, 6.45) is 33.6. The summed E-state index contributed by atoms with van der Waals surface area (Å²) in [7, 11) is 0. The minimum atomic E-state index is 0. The molecule has 0 aliphatic carbocycles. The monoisotopic (exact) mass is 536 g/mol. The Morgan fingerprint density at radius 2 is 0.833 bits per heavy atom. The lowest BCUT2D eigenvalue weighted by atomic mass is 10.1. The molecule has 2 heterocycles. The Kier molecular flexibility index (Phi) is 23.5. The molecule has 0 aliphatic rings. The number of nitrogens with zero attached hydrogens (tertiary/aromatic N) is 2. The lowest BCUT2D eigenvalue weighted by Crippen LogP contribution is -3.00. The van der Waals surface area contributed by atoms with Crippen LogP contribution in [0.5, 0.6) is 0 Å². The van der Waals surface area contributed by atoms with Crippen molar-refractivity contribution in [1.29, 1.82) is 0 Å². The summed E-state index contributed by atoms with van der Waals surface area (Å²) < 4.78 is 4.81. The van der Waals surface area contributed by atoms with Crippen LogP contribution in [0.25, 0.3) is 0 Å². The molecule has 0 radical (unpaired) electrons. The summed E-state index contributed by atoms with van der Waals surface area (Å²) >= 11 is 0. The van der Waals surface area contributed by atoms with Gasteiger partial charge in [0.2, 0.25) is 0 Å². The molecule has 0 atom stereocenters. The molecule has 0 amide bonds. The molecule has 2 aromatic rings. The molecule has 36 heavy (non-hydrogen) atoms. The minimum Gasteiger partial charge on any atom is -1.00 e. The smallest absolute Gasteiger partial charge is 0.171 e. The number of hydrogen-bond donors (Lipinski definition) is 0. The normalized spacial score (nSPS) is 10.6. The summed E-state index contributed by atoms with van der Waals surface area (Å²) in [4.78, 5) is 0. The van der Waals surface area contributed by atoms with Crippen molar-refractivity contribution in [3.8, 4) is 0 Å². The van der Waals surface area contributed by atoms with Crippen molar-refractivity contribution >= 4 is 0 Å². The Morgan fingerprint density at radius 1 is 0.472 bits per heavy atom. The van der Waals surface area contributed by atoms with Gasteiger partial charge in [-0.25, -0.2) is 9.13 Å². The van der Waals surface area contributed by atoms with Crippen LogP contribution in [0.15, 0.2) is 49.1 Å². The van der Waals surface area contributed by atoms with Crippen LogP contribution < -0.4 is 33.9 Å². The Hall–Kier alpha value is -1.12. The number of hydrogen-bond acceptors (Lipinski definition) is 0. The van der Waals surface area contributed by atoms with Gasteiger partial charge >= 0.3 is 0 Å². The maximum atomic E-state index is 2.41. The van der Waals surface area contributed by atoms with Crippen molar-refractivity contribution in [2.45, 2.75) is 143 Å². The Bertz CT molecular complexity index is 687. The molecule has 2 nitrogen and oxygen atoms in total. The maximum Gasteiger partial charge on any atom is 0.171 e. The van der Waals surface area contributed by atoms with Crippen LogP contribution in [-0.4, -0.2) is 0 Å². The summed E-state index contributed by atoms with van der Waals surface area (Å²) in [5.41, 5.74) is 3.01. The molecule has 0 saturated heterocycles. The van der Waals surface area contributed by atoms with E-state index < -0.39 is 0 Å². The fourth-order valence-electron chi connectivity index (χ4n) is 4.89. The average molecular weight is 538 g/mol. The molecule has 4 heteroatoms. The zero-order chi connectivity index (χ0) is 24.1. The highest BCUT2D eigenvalue weighted by atomic mass is 35.5. The zero-order valence-corrected chi connectivity index (χ0v) is 24.9. The fourth-order valence-corrected chi connectivity index (χ4v) is 4.89. The molecule has 0 aromatic carbocycles. The number of rotatable bonds is 21. The van der Waals surface area contributed by atoms with Gasteiger partial charge in [-0.2, -0.15) is 0 Å². The quantitative estimate of drug-likeness (QED) is 0.171. The number of aryl methyl sites for hydroxylation is 4. The van der Waals surface area contributed by atoms with E-state index >= 15 is 0 Å². The zero-order valence-electron chi connectivity index (χ0n) is 23.4. The van der Waals surface area contributed by atoms with Crippen molar-refractivity contribution in [2.75, 3.05) is 0 Å². The summed E-state index contributed by atoms with van der Waals surface area (Å²) in [5.74, 6) is 0. The molecule has 0 spiro atoms. The summed E-state index contributed by atoms with van der Waals surface area (Å²) in [6.45, 7) is 6.92. The molecule has 0 bridgehead atoms. The fraction of sp³-hybridized carbons (Fsp3) is 0.688. The van der Waals surface area contributed by atoms with E-state index in [1.807, 2.05) is 0 Å². The van der Waals surface area contributed by atoms with Gasteiger partial charge in [0, 0.05) is 36.1 Å². The number of pyridine rings is 2. The summed E-state index contributed by atoms with van der Waals surface area (Å²) in [6, 6.07) is 9.04. The molecule has 0 fully saturated rings. The lowest BCUT2D eigenvalue weighted by Gasteiger charge is -2.03. The predicted molar refractivity (Wildman–Crippen MR) is 146 cm³/mol. The number of aromatic nitrogens is 2. The Morgan fingerprint density at radius 3 is 1.19 bits per heavy atom. The van der Waals surface area contributed by atoms with E-state index in [4.69, 9.17) is 0 Å². The molecular weight excluding hydrogens is 483 g/mol. The van der Waals surface area contributed by atoms with Gasteiger partial charge in [0.25, 0.3) is 0 Å². The van der Waals surface area contributed by atoms with Gasteiger partial charge in [0.15, 0.2) is 24.8 Å². The molecular formula is C32H54Cl2N2. The van der Waals surface area contributed by atoms with Crippen molar-refractivity contribution in [1.82, 2.24) is 0 Å². The molecule has 0 saturated carbocycles. The van der Waals surface area contributed by atoms with E-state index in [9.17, 15) is 0 Å². The Balaban J connectivity index is 0.00000612.